The average Bonchev–Trinajstić information content (AvgIpc) is 2.79. The molecule has 0 aliphatic carbocycles. The predicted octanol–water partition coefficient (Wildman–Crippen LogP) is 2.83. The van der Waals surface area contributed by atoms with E-state index in [0.29, 0.717) is 17.0 Å². The number of ether oxygens (including phenoxy) is 1. The van der Waals surface area contributed by atoms with Crippen LogP contribution in [0.15, 0.2) is 54.9 Å². The van der Waals surface area contributed by atoms with Crippen molar-refractivity contribution in [2.45, 2.75) is 26.1 Å². The van der Waals surface area contributed by atoms with E-state index in [4.69, 9.17) is 14.0 Å². The van der Waals surface area contributed by atoms with Gasteiger partial charge in [0, 0.05) is 17.7 Å². The maximum absolute atomic E-state index is 14.3. The van der Waals surface area contributed by atoms with Crippen molar-refractivity contribution >= 4 is 12.6 Å². The summed E-state index contributed by atoms with van der Waals surface area (Å²) in [6.07, 6.45) is 1.69. The van der Waals surface area contributed by atoms with Crippen molar-refractivity contribution in [3.05, 3.63) is 66.4 Å². The van der Waals surface area contributed by atoms with Gasteiger partial charge in [-0.2, -0.15) is 0 Å². The lowest BCUT2D eigenvalue weighted by Gasteiger charge is -2.15. The van der Waals surface area contributed by atoms with Crippen LogP contribution in [0.4, 0.5) is 4.39 Å². The Morgan fingerprint density at radius 2 is 2.13 bits per heavy atom. The van der Waals surface area contributed by atoms with Gasteiger partial charge in [0.1, 0.15) is 23.8 Å². The molecule has 0 atom stereocenters. The zero-order valence-corrected chi connectivity index (χ0v) is 13.1. The van der Waals surface area contributed by atoms with Gasteiger partial charge in [-0.15, -0.1) is 0 Å². The number of aromatic nitrogens is 1. The van der Waals surface area contributed by atoms with E-state index < -0.39 is 18.5 Å². The molecule has 2 aromatic rings. The summed E-state index contributed by atoms with van der Waals surface area (Å²) in [6, 6.07) is 10.1. The van der Waals surface area contributed by atoms with Gasteiger partial charge in [0.2, 0.25) is 0 Å². The molecule has 3 rings (SSSR count). The van der Waals surface area contributed by atoms with E-state index in [-0.39, 0.29) is 6.61 Å². The number of rotatable bonds is 4. The molecule has 23 heavy (non-hydrogen) atoms. The number of nitrogens with zero attached hydrogens (tertiary/aromatic N) is 1. The van der Waals surface area contributed by atoms with E-state index >= 15 is 0 Å². The van der Waals surface area contributed by atoms with Crippen LogP contribution in [0, 0.1) is 5.82 Å². The molecular formula is C17H17BFNO3. The third kappa shape index (κ3) is 3.37. The fourth-order valence-electron chi connectivity index (χ4n) is 2.19. The topological polar surface area (TPSA) is 40.6 Å². The van der Waals surface area contributed by atoms with Gasteiger partial charge in [-0.1, -0.05) is 18.7 Å². The maximum Gasteiger partial charge on any atom is 0.566 e. The van der Waals surface area contributed by atoms with Crippen LogP contribution >= 0.6 is 0 Å². The molecule has 0 bridgehead atoms. The van der Waals surface area contributed by atoms with Crippen LogP contribution < -0.4 is 10.2 Å². The Morgan fingerprint density at radius 1 is 1.30 bits per heavy atom. The van der Waals surface area contributed by atoms with Gasteiger partial charge < -0.3 is 14.0 Å². The predicted molar refractivity (Wildman–Crippen MR) is 85.7 cm³/mol. The first kappa shape index (κ1) is 15.6. The Kier molecular flexibility index (Phi) is 4.09. The first-order chi connectivity index (χ1) is 11.0. The Labute approximate surface area is 135 Å². The van der Waals surface area contributed by atoms with Gasteiger partial charge >= 0.3 is 7.12 Å². The van der Waals surface area contributed by atoms with Crippen LogP contribution in [0.25, 0.3) is 0 Å². The van der Waals surface area contributed by atoms with Crippen LogP contribution in [0.5, 0.6) is 5.75 Å². The van der Waals surface area contributed by atoms with E-state index in [9.17, 15) is 4.39 Å². The van der Waals surface area contributed by atoms with Crippen molar-refractivity contribution in [2.75, 3.05) is 0 Å². The van der Waals surface area contributed by atoms with E-state index in [2.05, 4.69) is 11.6 Å². The monoisotopic (exact) mass is 313 g/mol. The lowest BCUT2D eigenvalue weighted by atomic mass is 9.79. The first-order valence-electron chi connectivity index (χ1n) is 7.32. The van der Waals surface area contributed by atoms with Gasteiger partial charge in [-0.3, -0.25) is 4.98 Å². The molecule has 118 valence electrons. The van der Waals surface area contributed by atoms with Crippen molar-refractivity contribution in [2.24, 2.45) is 0 Å². The molecule has 1 saturated heterocycles. The second-order valence-electron chi connectivity index (χ2n) is 5.79. The highest BCUT2D eigenvalue weighted by Gasteiger charge is 2.44. The maximum atomic E-state index is 14.3. The minimum Gasteiger partial charge on any atom is -0.534 e. The summed E-state index contributed by atoms with van der Waals surface area (Å²) in [7, 11) is -0.789. The molecule has 0 amide bonds. The molecule has 2 heterocycles. The van der Waals surface area contributed by atoms with Crippen molar-refractivity contribution < 1.29 is 18.4 Å². The quantitative estimate of drug-likeness (QED) is 0.814. The molecule has 0 radical (unpaired) electrons. The van der Waals surface area contributed by atoms with E-state index in [0.717, 1.165) is 5.69 Å². The van der Waals surface area contributed by atoms with Gasteiger partial charge in [0.05, 0.1) is 11.5 Å². The van der Waals surface area contributed by atoms with Crippen LogP contribution in [-0.4, -0.2) is 17.7 Å². The van der Waals surface area contributed by atoms with Gasteiger partial charge in [0.15, 0.2) is 0 Å². The lowest BCUT2D eigenvalue weighted by molar-refractivity contribution is 0.173. The Balaban J connectivity index is 1.70. The zero-order chi connectivity index (χ0) is 16.4. The smallest absolute Gasteiger partial charge is 0.534 e. The summed E-state index contributed by atoms with van der Waals surface area (Å²) in [4.78, 5) is 4.15. The average molecular weight is 313 g/mol. The second kappa shape index (κ2) is 6.04. The first-order valence-corrected chi connectivity index (χ1v) is 7.32. The van der Waals surface area contributed by atoms with E-state index in [1.807, 2.05) is 32.0 Å². The Hall–Kier alpha value is -2.34. The van der Waals surface area contributed by atoms with Gasteiger partial charge in [0.25, 0.3) is 0 Å². The minimum atomic E-state index is -0.789. The summed E-state index contributed by atoms with van der Waals surface area (Å²) in [6.45, 7) is 7.73. The highest BCUT2D eigenvalue weighted by Crippen LogP contribution is 2.29. The van der Waals surface area contributed by atoms with Crippen LogP contribution in [-0.2, 0) is 15.9 Å². The molecule has 1 aliphatic rings. The number of hydrogen-bond acceptors (Lipinski definition) is 4. The molecule has 0 unspecified atom stereocenters. The van der Waals surface area contributed by atoms with Crippen LogP contribution in [0.1, 0.15) is 19.5 Å². The van der Waals surface area contributed by atoms with Gasteiger partial charge in [-0.25, -0.2) is 4.39 Å². The number of benzene rings is 1. The summed E-state index contributed by atoms with van der Waals surface area (Å²) in [5, 5.41) is 0. The summed E-state index contributed by atoms with van der Waals surface area (Å²) in [5.41, 5.74) is 0.463. The molecule has 6 heteroatoms. The Morgan fingerprint density at radius 3 is 2.74 bits per heavy atom. The molecule has 1 fully saturated rings. The Bertz CT molecular complexity index is 721. The lowest BCUT2D eigenvalue weighted by Crippen LogP contribution is -2.36. The highest BCUT2D eigenvalue weighted by atomic mass is 19.1. The largest absolute Gasteiger partial charge is 0.566 e. The van der Waals surface area contributed by atoms with Crippen LogP contribution in [0.3, 0.4) is 0 Å². The van der Waals surface area contributed by atoms with E-state index in [1.54, 1.807) is 18.3 Å². The van der Waals surface area contributed by atoms with Crippen LogP contribution in [0.2, 0.25) is 0 Å². The summed E-state index contributed by atoms with van der Waals surface area (Å²) in [5.74, 6) is 0.462. The fourth-order valence-corrected chi connectivity index (χ4v) is 2.19. The zero-order valence-electron chi connectivity index (χ0n) is 13.1. The molecule has 1 aromatic heterocycles. The van der Waals surface area contributed by atoms with Gasteiger partial charge in [-0.05, 0) is 32.0 Å². The van der Waals surface area contributed by atoms with Crippen molar-refractivity contribution in [1.29, 1.82) is 0 Å². The minimum absolute atomic E-state index is 0.278. The third-order valence-corrected chi connectivity index (χ3v) is 3.66. The second-order valence-corrected chi connectivity index (χ2v) is 5.79. The van der Waals surface area contributed by atoms with Crippen molar-refractivity contribution in [1.82, 2.24) is 4.98 Å². The third-order valence-electron chi connectivity index (χ3n) is 3.66. The normalized spacial score (nSPS) is 16.3. The standard InChI is InChI=1S/C17H17BFNO3/c1-12-17(2,3)23-18(22-12)15-8-7-14(10-16(15)19)21-11-13-6-4-5-9-20-13/h4-10H,1,11H2,2-3H3. The molecule has 1 aliphatic heterocycles. The number of hydrogen-bond donors (Lipinski definition) is 0. The molecule has 0 N–H and O–H groups in total. The SMILES string of the molecule is C=C1OB(c2ccc(OCc3ccccn3)cc2F)OC1(C)C. The number of pyridine rings is 1. The summed E-state index contributed by atoms with van der Waals surface area (Å²) < 4.78 is 31.1. The molecule has 4 nitrogen and oxygen atoms in total. The number of halogens is 1. The van der Waals surface area contributed by atoms with E-state index in [1.165, 1.54) is 6.07 Å². The van der Waals surface area contributed by atoms with Crippen molar-refractivity contribution in [3.63, 3.8) is 0 Å². The van der Waals surface area contributed by atoms with Crippen molar-refractivity contribution in [3.8, 4) is 5.75 Å². The fraction of sp³-hybridized carbons (Fsp3) is 0.235. The molecular weight excluding hydrogens is 296 g/mol. The molecule has 1 aromatic carbocycles. The molecule has 0 spiro atoms. The highest BCUT2D eigenvalue weighted by molar-refractivity contribution is 6.62. The molecule has 0 saturated carbocycles. The summed E-state index contributed by atoms with van der Waals surface area (Å²) >= 11 is 0.